The van der Waals surface area contributed by atoms with Gasteiger partial charge in [-0.25, -0.2) is 0 Å². The number of aromatic nitrogens is 2. The van der Waals surface area contributed by atoms with Crippen molar-refractivity contribution in [2.75, 3.05) is 9.80 Å². The van der Waals surface area contributed by atoms with E-state index in [1.165, 1.54) is 0 Å². The van der Waals surface area contributed by atoms with E-state index < -0.39 is 36.3 Å². The summed E-state index contributed by atoms with van der Waals surface area (Å²) in [5.41, 5.74) is 8.37. The Hall–Kier alpha value is -8.84. The van der Waals surface area contributed by atoms with E-state index in [1.807, 2.05) is 48.5 Å². The van der Waals surface area contributed by atoms with Gasteiger partial charge in [0.1, 0.15) is 0 Å². The summed E-state index contributed by atoms with van der Waals surface area (Å²) in [5, 5.41) is 27.2. The van der Waals surface area contributed by atoms with E-state index in [2.05, 4.69) is 57.3 Å². The van der Waals surface area contributed by atoms with E-state index in [4.69, 9.17) is 13.7 Å². The fraction of sp³-hybridized carbons (Fsp3) is 0. The maximum atomic E-state index is 9.64. The molecule has 0 aliphatic carbocycles. The average molecular weight is 799 g/mol. The quantitative estimate of drug-likeness (QED) is 0.168. The van der Waals surface area contributed by atoms with Gasteiger partial charge < -0.3 is 18.6 Å². The average Bonchev–Trinajstić information content (AvgIpc) is 4.14. The summed E-state index contributed by atoms with van der Waals surface area (Å²) >= 11 is 0. The fourth-order valence-electron chi connectivity index (χ4n) is 9.60. The zero-order valence-corrected chi connectivity index (χ0v) is 32.4. The van der Waals surface area contributed by atoms with Gasteiger partial charge in [-0.2, -0.15) is 10.5 Å². The van der Waals surface area contributed by atoms with Crippen molar-refractivity contribution in [2.45, 2.75) is 0 Å². The first-order valence-corrected chi connectivity index (χ1v) is 19.9. The smallest absolute Gasteiger partial charge is 0.0991 e. The predicted molar refractivity (Wildman–Crippen MR) is 255 cm³/mol. The minimum atomic E-state index is -0.499. The molecule has 0 radical (unpaired) electrons. The van der Waals surface area contributed by atoms with Gasteiger partial charge in [0.2, 0.25) is 0 Å². The monoisotopic (exact) mass is 798 g/mol. The lowest BCUT2D eigenvalue weighted by molar-refractivity contribution is 1.28. The normalized spacial score (nSPS) is 14.1. The van der Waals surface area contributed by atoms with Crippen LogP contribution in [0.3, 0.4) is 0 Å². The predicted octanol–water partition coefficient (Wildman–Crippen LogP) is 14.7. The molecular weight excluding hydrogens is 757 g/mol. The molecule has 286 valence electrons. The zero-order valence-electron chi connectivity index (χ0n) is 42.4. The highest BCUT2D eigenvalue weighted by atomic mass is 15.1. The lowest BCUT2D eigenvalue weighted by Gasteiger charge is -2.25. The van der Waals surface area contributed by atoms with Crippen LogP contribution in [0.1, 0.15) is 24.8 Å². The van der Waals surface area contributed by atoms with Gasteiger partial charge in [0.25, 0.3) is 0 Å². The summed E-state index contributed by atoms with van der Waals surface area (Å²) in [4.78, 5) is 3.30. The van der Waals surface area contributed by atoms with E-state index in [0.717, 1.165) is 76.2 Å². The number of nitriles is 2. The molecule has 0 saturated carbocycles. The molecule has 9 aromatic carbocycles. The molecule has 0 saturated heterocycles. The summed E-state index contributed by atoms with van der Waals surface area (Å²) in [6.45, 7) is 0. The Morgan fingerprint density at radius 1 is 0.355 bits per heavy atom. The van der Waals surface area contributed by atoms with Gasteiger partial charge in [-0.15, -0.1) is 0 Å². The van der Waals surface area contributed by atoms with Crippen molar-refractivity contribution in [1.82, 2.24) is 8.80 Å². The van der Waals surface area contributed by atoms with Crippen molar-refractivity contribution < 1.29 is 13.7 Å². The Morgan fingerprint density at radius 3 is 1.10 bits per heavy atom. The summed E-state index contributed by atoms with van der Waals surface area (Å²) < 4.78 is 91.6. The molecule has 0 aliphatic rings. The van der Waals surface area contributed by atoms with Gasteiger partial charge in [0.05, 0.1) is 70.1 Å². The molecular formula is C56H32N6. The molecule has 0 spiro atoms. The first-order chi connectivity index (χ1) is 34.8. The Balaban J connectivity index is 1.07. The molecule has 13 rings (SSSR count). The van der Waals surface area contributed by atoms with Crippen LogP contribution in [0.5, 0.6) is 0 Å². The van der Waals surface area contributed by atoms with Gasteiger partial charge in [-0.05, 0) is 109 Å². The van der Waals surface area contributed by atoms with Crippen LogP contribution in [0.2, 0.25) is 0 Å². The number of para-hydroxylation sites is 4. The Kier molecular flexibility index (Phi) is 5.30. The Morgan fingerprint density at radius 2 is 0.710 bits per heavy atom. The number of hydrogen-bond donors (Lipinski definition) is 0. The number of rotatable bonds is 6. The second-order valence-corrected chi connectivity index (χ2v) is 15.3. The summed E-state index contributed by atoms with van der Waals surface area (Å²) in [6, 6.07) is 41.9. The van der Waals surface area contributed by atoms with Crippen molar-refractivity contribution in [3.05, 3.63) is 205 Å². The number of hydrogen-bond acceptors (Lipinski definition) is 4. The number of anilines is 6. The van der Waals surface area contributed by atoms with Gasteiger partial charge in [0.15, 0.2) is 0 Å². The Bertz CT molecular complexity index is 4260. The van der Waals surface area contributed by atoms with Crippen LogP contribution >= 0.6 is 0 Å². The number of benzene rings is 9. The summed E-state index contributed by atoms with van der Waals surface area (Å²) in [5.74, 6) is 0. The van der Waals surface area contributed by atoms with Crippen LogP contribution in [0.25, 0.3) is 76.2 Å². The van der Waals surface area contributed by atoms with Crippen LogP contribution in [0.4, 0.5) is 34.1 Å². The van der Waals surface area contributed by atoms with Crippen molar-refractivity contribution in [1.29, 1.82) is 10.5 Å². The third-order valence-electron chi connectivity index (χ3n) is 12.2. The molecule has 6 heteroatoms. The molecule has 0 amide bonds. The second kappa shape index (κ2) is 12.8. The largest absolute Gasteiger partial charge is 0.310 e. The summed E-state index contributed by atoms with van der Waals surface area (Å²) in [6.07, 6.45) is 0. The molecule has 4 aromatic heterocycles. The second-order valence-electron chi connectivity index (χ2n) is 15.3. The molecule has 4 heterocycles. The van der Waals surface area contributed by atoms with E-state index in [0.29, 0.717) is 33.9 Å². The highest BCUT2D eigenvalue weighted by Crippen LogP contribution is 2.47. The van der Waals surface area contributed by atoms with Gasteiger partial charge in [-0.3, -0.25) is 0 Å². The molecule has 0 N–H and O–H groups in total. The summed E-state index contributed by atoms with van der Waals surface area (Å²) in [7, 11) is 0. The van der Waals surface area contributed by atoms with Gasteiger partial charge in [-0.1, -0.05) is 84.8 Å². The molecule has 0 atom stereocenters. The minimum Gasteiger partial charge on any atom is -0.310 e. The molecule has 62 heavy (non-hydrogen) atoms. The third kappa shape index (κ3) is 4.72. The minimum absolute atomic E-state index is 0.0276. The SMILES string of the molecule is [2H]c1c([2H])c([2H])c(N(c2ccc(C#N)cc2)c2ccc3c4cccc5c6cc7c(cc6n(c3c2)c45)c2cccc3c4ccc(N(c5ccc(C#N)cc5)c5c([2H])c([2H])c([2H])c([2H])c5[2H])cc4n7c32)c([2H])c1[2H]. The van der Waals surface area contributed by atoms with Crippen molar-refractivity contribution in [3.63, 3.8) is 0 Å². The first kappa shape index (κ1) is 25.6. The highest BCUT2D eigenvalue weighted by molar-refractivity contribution is 6.29. The lowest BCUT2D eigenvalue weighted by atomic mass is 10.0. The fourth-order valence-corrected chi connectivity index (χ4v) is 9.60. The zero-order chi connectivity index (χ0) is 49.8. The molecule has 0 fully saturated rings. The van der Waals surface area contributed by atoms with E-state index in [9.17, 15) is 10.5 Å². The van der Waals surface area contributed by atoms with Crippen LogP contribution in [0, 0.1) is 22.7 Å². The molecule has 13 aromatic rings. The molecule has 0 aliphatic heterocycles. The molecule has 0 bridgehead atoms. The van der Waals surface area contributed by atoms with Crippen molar-refractivity contribution in [2.24, 2.45) is 0 Å². The van der Waals surface area contributed by atoms with Crippen LogP contribution in [0.15, 0.2) is 194 Å². The van der Waals surface area contributed by atoms with E-state index in [1.54, 1.807) is 58.3 Å². The van der Waals surface area contributed by atoms with Crippen LogP contribution < -0.4 is 9.80 Å². The topological polar surface area (TPSA) is 62.9 Å². The van der Waals surface area contributed by atoms with Gasteiger partial charge in [0, 0.05) is 77.2 Å². The van der Waals surface area contributed by atoms with Crippen LogP contribution in [-0.4, -0.2) is 8.80 Å². The molecule has 0 unspecified atom stereocenters. The number of nitrogens with zero attached hydrogens (tertiary/aromatic N) is 6. The maximum Gasteiger partial charge on any atom is 0.0991 e. The van der Waals surface area contributed by atoms with Crippen molar-refractivity contribution in [3.8, 4) is 12.1 Å². The maximum absolute atomic E-state index is 9.64. The van der Waals surface area contributed by atoms with E-state index in [-0.39, 0.29) is 35.5 Å². The van der Waals surface area contributed by atoms with Crippen molar-refractivity contribution >= 4 is 110 Å². The molecule has 6 nitrogen and oxygen atoms in total. The van der Waals surface area contributed by atoms with E-state index >= 15 is 0 Å². The number of fused-ring (bicyclic) bond motifs is 12. The standard InChI is InChI=1S/C56H32N6/c57-33-35-17-21-39(22-18-35)59(37-9-3-1-4-10-37)41-25-27-43-45-13-7-15-47-49-32-54-50(31-53(49)61(55(45)47)51(43)29-41)48-16-8-14-46-44-28-26-42(30-52(44)62(54)56(46)48)60(38-11-5-2-6-12-38)40-23-19-36(34-58)20-24-40/h1-32H/i1D,2D,3D,4D,5D,6D,9D,10D,11D,12D. The Labute approximate surface area is 369 Å². The van der Waals surface area contributed by atoms with Crippen LogP contribution in [-0.2, 0) is 0 Å². The van der Waals surface area contributed by atoms with Gasteiger partial charge >= 0.3 is 0 Å². The first-order valence-electron chi connectivity index (χ1n) is 24.9. The highest BCUT2D eigenvalue weighted by Gasteiger charge is 2.24. The lowest BCUT2D eigenvalue weighted by Crippen LogP contribution is -2.09. The third-order valence-corrected chi connectivity index (χ3v) is 12.2.